The summed E-state index contributed by atoms with van der Waals surface area (Å²) in [7, 11) is 0. The van der Waals surface area contributed by atoms with E-state index in [1.807, 2.05) is 24.3 Å². The zero-order valence-electron chi connectivity index (χ0n) is 15.1. The van der Waals surface area contributed by atoms with Gasteiger partial charge in [0.2, 0.25) is 0 Å². The van der Waals surface area contributed by atoms with Gasteiger partial charge in [-0.2, -0.15) is 0 Å². The maximum atomic E-state index is 12.0. The van der Waals surface area contributed by atoms with Crippen LogP contribution >= 0.6 is 11.6 Å². The number of ether oxygens (including phenoxy) is 2. The normalized spacial score (nSPS) is 22.2. The van der Waals surface area contributed by atoms with Gasteiger partial charge in [-0.1, -0.05) is 35.9 Å². The monoisotopic (exact) mass is 386 g/mol. The molecule has 2 aliphatic heterocycles. The van der Waals surface area contributed by atoms with Crippen molar-refractivity contribution < 1.29 is 19.4 Å². The number of carbonyl (C=O) groups excluding carboxylic acids is 1. The van der Waals surface area contributed by atoms with Crippen LogP contribution in [0.25, 0.3) is 0 Å². The fourth-order valence-corrected chi connectivity index (χ4v) is 4.03. The Morgan fingerprint density at radius 1 is 1.15 bits per heavy atom. The van der Waals surface area contributed by atoms with Crippen molar-refractivity contribution in [3.05, 3.63) is 63.7 Å². The van der Waals surface area contributed by atoms with Crippen molar-refractivity contribution in [3.63, 3.8) is 0 Å². The average Bonchev–Trinajstić information content (AvgIpc) is 2.69. The molecule has 0 aliphatic carbocycles. The first kappa shape index (κ1) is 18.5. The van der Waals surface area contributed by atoms with Gasteiger partial charge in [-0.25, -0.2) is 0 Å². The van der Waals surface area contributed by atoms with Gasteiger partial charge in [-0.3, -0.25) is 4.79 Å². The van der Waals surface area contributed by atoms with Gasteiger partial charge >= 0.3 is 0 Å². The lowest BCUT2D eigenvalue weighted by Crippen LogP contribution is -2.30. The van der Waals surface area contributed by atoms with E-state index in [0.29, 0.717) is 17.9 Å². The first-order valence-electron chi connectivity index (χ1n) is 9.43. The summed E-state index contributed by atoms with van der Waals surface area (Å²) in [6.45, 7) is 0.648. The number of carbonyl (C=O) groups is 1. The van der Waals surface area contributed by atoms with Gasteiger partial charge in [-0.05, 0) is 53.6 Å². The maximum absolute atomic E-state index is 12.0. The van der Waals surface area contributed by atoms with Crippen LogP contribution in [0.2, 0.25) is 5.02 Å². The summed E-state index contributed by atoms with van der Waals surface area (Å²) in [5.74, 6) is 1.10. The molecule has 2 heterocycles. The predicted molar refractivity (Wildman–Crippen MR) is 103 cm³/mol. The molecule has 0 saturated carbocycles. The summed E-state index contributed by atoms with van der Waals surface area (Å²) in [4.78, 5) is 12.0. The molecule has 1 fully saturated rings. The Morgan fingerprint density at radius 2 is 2.04 bits per heavy atom. The van der Waals surface area contributed by atoms with Gasteiger partial charge in [0.25, 0.3) is 0 Å². The van der Waals surface area contributed by atoms with E-state index in [9.17, 15) is 9.90 Å². The molecule has 5 heteroatoms. The van der Waals surface area contributed by atoms with Gasteiger partial charge in [0.15, 0.2) is 0 Å². The summed E-state index contributed by atoms with van der Waals surface area (Å²) in [6.07, 6.45) is 2.68. The Bertz CT molecular complexity index is 848. The van der Waals surface area contributed by atoms with Crippen molar-refractivity contribution in [1.82, 2.24) is 0 Å². The van der Waals surface area contributed by atoms with Gasteiger partial charge in [0.1, 0.15) is 11.5 Å². The van der Waals surface area contributed by atoms with Gasteiger partial charge in [0, 0.05) is 17.9 Å². The van der Waals surface area contributed by atoms with E-state index in [1.54, 1.807) is 0 Å². The number of hydrogen-bond donors (Lipinski definition) is 1. The van der Waals surface area contributed by atoms with E-state index < -0.39 is 6.10 Å². The topological polar surface area (TPSA) is 55.8 Å². The van der Waals surface area contributed by atoms with E-state index in [0.717, 1.165) is 36.3 Å². The molecule has 0 aromatic heterocycles. The molecule has 2 aromatic rings. The number of ketones is 1. The minimum atomic E-state index is -0.420. The molecule has 4 nitrogen and oxygen atoms in total. The molecule has 27 heavy (non-hydrogen) atoms. The molecular weight excluding hydrogens is 364 g/mol. The average molecular weight is 387 g/mol. The van der Waals surface area contributed by atoms with Crippen molar-refractivity contribution in [2.45, 2.75) is 44.3 Å². The molecular formula is C22H23ClO4. The Kier molecular flexibility index (Phi) is 5.48. The van der Waals surface area contributed by atoms with Gasteiger partial charge < -0.3 is 14.6 Å². The standard InChI is InChI=1S/C22H23ClO4/c23-20-5-4-16(22-12-18(25)11-19(13-24)27-22)10-17(20)9-14-3-6-21-15(8-14)2-1-7-26-21/h3-6,8,10,19,22,24H,1-2,7,9,11-13H2. The van der Waals surface area contributed by atoms with Gasteiger partial charge in [0.05, 0.1) is 25.4 Å². The molecule has 142 valence electrons. The second kappa shape index (κ2) is 8.01. The van der Waals surface area contributed by atoms with Crippen LogP contribution in [0, 0.1) is 0 Å². The SMILES string of the molecule is O=C1CC(CO)OC(c2ccc(Cl)c(Cc3ccc4c(c3)CCCO4)c2)C1. The molecule has 2 unspecified atom stereocenters. The molecule has 1 N–H and O–H groups in total. The quantitative estimate of drug-likeness (QED) is 0.861. The third kappa shape index (κ3) is 4.18. The summed E-state index contributed by atoms with van der Waals surface area (Å²) < 4.78 is 11.6. The molecule has 2 atom stereocenters. The summed E-state index contributed by atoms with van der Waals surface area (Å²) in [5, 5.41) is 10.1. The number of benzene rings is 2. The number of hydrogen-bond acceptors (Lipinski definition) is 4. The van der Waals surface area contributed by atoms with Crippen LogP contribution in [0.4, 0.5) is 0 Å². The first-order chi connectivity index (χ1) is 13.1. The maximum Gasteiger partial charge on any atom is 0.138 e. The van der Waals surface area contributed by atoms with Crippen LogP contribution in [0.15, 0.2) is 36.4 Å². The number of aryl methyl sites for hydroxylation is 1. The third-order valence-electron chi connectivity index (χ3n) is 5.24. The minimum Gasteiger partial charge on any atom is -0.493 e. The second-order valence-electron chi connectivity index (χ2n) is 7.30. The van der Waals surface area contributed by atoms with Crippen molar-refractivity contribution >= 4 is 17.4 Å². The lowest BCUT2D eigenvalue weighted by molar-refractivity contribution is -0.139. The number of aliphatic hydroxyl groups is 1. The number of Topliss-reactive ketones (excluding diaryl/α,β-unsaturated/α-hetero) is 1. The van der Waals surface area contributed by atoms with Crippen LogP contribution in [-0.4, -0.2) is 30.2 Å². The molecule has 0 spiro atoms. The fourth-order valence-electron chi connectivity index (χ4n) is 3.85. The molecule has 2 aliphatic rings. The Labute approximate surface area is 164 Å². The molecule has 4 rings (SSSR count). The van der Waals surface area contributed by atoms with E-state index in [2.05, 4.69) is 12.1 Å². The van der Waals surface area contributed by atoms with Crippen molar-refractivity contribution in [2.24, 2.45) is 0 Å². The van der Waals surface area contributed by atoms with Crippen LogP contribution in [-0.2, 0) is 22.4 Å². The lowest BCUT2D eigenvalue weighted by Gasteiger charge is -2.28. The van der Waals surface area contributed by atoms with Crippen LogP contribution < -0.4 is 4.74 Å². The molecule has 0 amide bonds. The second-order valence-corrected chi connectivity index (χ2v) is 7.71. The highest BCUT2D eigenvalue weighted by Gasteiger charge is 2.28. The van der Waals surface area contributed by atoms with Crippen LogP contribution in [0.5, 0.6) is 5.75 Å². The molecule has 1 saturated heterocycles. The summed E-state index contributed by atoms with van der Waals surface area (Å²) in [5.41, 5.74) is 4.38. The zero-order chi connectivity index (χ0) is 18.8. The first-order valence-corrected chi connectivity index (χ1v) is 9.81. The molecule has 0 radical (unpaired) electrons. The van der Waals surface area contributed by atoms with E-state index in [1.165, 1.54) is 11.1 Å². The predicted octanol–water partition coefficient (Wildman–Crippen LogP) is 4.04. The number of halogens is 1. The highest BCUT2D eigenvalue weighted by atomic mass is 35.5. The van der Waals surface area contributed by atoms with E-state index >= 15 is 0 Å². The smallest absolute Gasteiger partial charge is 0.138 e. The highest BCUT2D eigenvalue weighted by molar-refractivity contribution is 6.31. The fraction of sp³-hybridized carbons (Fsp3) is 0.409. The van der Waals surface area contributed by atoms with Crippen molar-refractivity contribution in [3.8, 4) is 5.75 Å². The minimum absolute atomic E-state index is 0.122. The van der Waals surface area contributed by atoms with Crippen molar-refractivity contribution in [1.29, 1.82) is 0 Å². The van der Waals surface area contributed by atoms with Gasteiger partial charge in [-0.15, -0.1) is 0 Å². The Morgan fingerprint density at radius 3 is 2.89 bits per heavy atom. The van der Waals surface area contributed by atoms with Crippen LogP contribution in [0.3, 0.4) is 0 Å². The van der Waals surface area contributed by atoms with E-state index in [4.69, 9.17) is 21.1 Å². The van der Waals surface area contributed by atoms with Crippen molar-refractivity contribution in [2.75, 3.05) is 13.2 Å². The third-order valence-corrected chi connectivity index (χ3v) is 5.61. The Balaban J connectivity index is 1.56. The highest BCUT2D eigenvalue weighted by Crippen LogP contribution is 2.33. The molecule has 0 bridgehead atoms. The summed E-state index contributed by atoms with van der Waals surface area (Å²) >= 11 is 6.44. The number of rotatable bonds is 4. The number of aliphatic hydroxyl groups excluding tert-OH is 1. The summed E-state index contributed by atoms with van der Waals surface area (Å²) in [6, 6.07) is 12.1. The van der Waals surface area contributed by atoms with E-state index in [-0.39, 0.29) is 24.9 Å². The zero-order valence-corrected chi connectivity index (χ0v) is 15.9. The number of fused-ring (bicyclic) bond motifs is 1. The van der Waals surface area contributed by atoms with Crippen LogP contribution in [0.1, 0.15) is 47.6 Å². The Hall–Kier alpha value is -1.88. The molecule has 2 aromatic carbocycles. The lowest BCUT2D eigenvalue weighted by atomic mass is 9.94. The largest absolute Gasteiger partial charge is 0.493 e.